The number of benzene rings is 2. The van der Waals surface area contributed by atoms with E-state index in [-0.39, 0.29) is 19.5 Å². The second-order valence-electron chi connectivity index (χ2n) is 5.31. The fourth-order valence-electron chi connectivity index (χ4n) is 1.92. The molecule has 8 heteroatoms. The normalized spacial score (nSPS) is 18.7. The van der Waals surface area contributed by atoms with Crippen LogP contribution >= 0.6 is 0 Å². The van der Waals surface area contributed by atoms with E-state index in [9.17, 15) is 16.9 Å². The summed E-state index contributed by atoms with van der Waals surface area (Å²) in [5.74, 6) is 0. The molecule has 0 saturated carbocycles. The van der Waals surface area contributed by atoms with Crippen LogP contribution in [0.4, 0.5) is 16.9 Å². The molecule has 2 aromatic carbocycles. The van der Waals surface area contributed by atoms with Crippen LogP contribution in [0.1, 0.15) is 25.7 Å². The van der Waals surface area contributed by atoms with Crippen molar-refractivity contribution in [2.24, 2.45) is 0 Å². The van der Waals surface area contributed by atoms with Crippen molar-refractivity contribution in [3.63, 3.8) is 0 Å². The Kier molecular flexibility index (Phi) is 9.64. The summed E-state index contributed by atoms with van der Waals surface area (Å²) in [6, 6.07) is 17.4. The van der Waals surface area contributed by atoms with Crippen LogP contribution in [0.15, 0.2) is 66.8 Å². The minimum Gasteiger partial charge on any atom is -0.147 e. The Morgan fingerprint density at radius 3 is 1.46 bits per heavy atom. The summed E-state index contributed by atoms with van der Waals surface area (Å²) < 4.78 is 59.6. The third-order valence-corrected chi connectivity index (χ3v) is 2.90. The van der Waals surface area contributed by atoms with Gasteiger partial charge in [0.2, 0.25) is 0 Å². The molecule has 0 aromatic heterocycles. The number of halogens is 6. The molecule has 147 valence electrons. The summed E-state index contributed by atoms with van der Waals surface area (Å²) >= 11 is -11.2. The zero-order chi connectivity index (χ0) is 18.9. The van der Waals surface area contributed by atoms with Crippen LogP contribution in [0.25, 0.3) is 10.8 Å². The van der Waals surface area contributed by atoms with E-state index in [0.29, 0.717) is 0 Å². The van der Waals surface area contributed by atoms with Crippen molar-refractivity contribution in [1.29, 1.82) is 0 Å². The molecule has 26 heavy (non-hydrogen) atoms. The van der Waals surface area contributed by atoms with Crippen LogP contribution in [0.5, 0.6) is 0 Å². The van der Waals surface area contributed by atoms with Gasteiger partial charge in [0, 0.05) is 0 Å². The van der Waals surface area contributed by atoms with Crippen molar-refractivity contribution in [1.82, 2.24) is 0 Å². The van der Waals surface area contributed by atoms with Crippen LogP contribution in [0.2, 0.25) is 0 Å². The third kappa shape index (κ3) is 18.0. The molecular formula is C18H19F6RhSb. The summed E-state index contributed by atoms with van der Waals surface area (Å²) in [7, 11) is 0. The van der Waals surface area contributed by atoms with Gasteiger partial charge in [-0.3, -0.25) is 0 Å². The second kappa shape index (κ2) is 9.94. The van der Waals surface area contributed by atoms with Gasteiger partial charge >= 0.3 is 55.8 Å². The SMILES string of the molecule is C1=C\CC/C=C\CC/1.[F][Sb-]([F])([F])([F])([F])[F].[Rh+2].[c-]1cccc2ccccc12. The van der Waals surface area contributed by atoms with Gasteiger partial charge in [-0.05, 0) is 25.7 Å². The Bertz CT molecular complexity index is 620. The largest absolute Gasteiger partial charge is 2.00 e. The summed E-state index contributed by atoms with van der Waals surface area (Å²) in [6.45, 7) is 0. The second-order valence-corrected chi connectivity index (χ2v) is 10.8. The average Bonchev–Trinajstić information content (AvgIpc) is 2.44. The number of rotatable bonds is 0. The number of fused-ring (bicyclic) bond motifs is 1. The van der Waals surface area contributed by atoms with E-state index < -0.39 is 19.5 Å². The van der Waals surface area contributed by atoms with Crippen molar-refractivity contribution in [2.45, 2.75) is 25.7 Å². The first-order chi connectivity index (χ1) is 11.4. The summed E-state index contributed by atoms with van der Waals surface area (Å²) in [4.78, 5) is 0. The molecule has 1 radical (unpaired) electrons. The molecule has 1 aliphatic rings. The Morgan fingerprint density at radius 2 is 1.04 bits per heavy atom. The van der Waals surface area contributed by atoms with Gasteiger partial charge in [0.15, 0.2) is 0 Å². The summed E-state index contributed by atoms with van der Waals surface area (Å²) in [6.07, 6.45) is 14.0. The zero-order valence-electron chi connectivity index (χ0n) is 13.7. The predicted octanol–water partition coefficient (Wildman–Crippen LogP) is 7.45. The Labute approximate surface area is 164 Å². The molecular weight excluding hydrogens is 555 g/mol. The zero-order valence-corrected chi connectivity index (χ0v) is 17.9. The average molecular weight is 574 g/mol. The van der Waals surface area contributed by atoms with Crippen molar-refractivity contribution >= 4 is 30.2 Å². The predicted molar refractivity (Wildman–Crippen MR) is 91.9 cm³/mol. The van der Waals surface area contributed by atoms with E-state index in [4.69, 9.17) is 0 Å². The smallest absolute Gasteiger partial charge is 0.147 e. The van der Waals surface area contributed by atoms with Gasteiger partial charge in [0.1, 0.15) is 0 Å². The van der Waals surface area contributed by atoms with E-state index in [1.165, 1.54) is 36.5 Å². The topological polar surface area (TPSA) is 0 Å². The van der Waals surface area contributed by atoms with Gasteiger partial charge in [-0.15, -0.1) is 47.2 Å². The number of hydrogen-bond acceptors (Lipinski definition) is 0. The van der Waals surface area contributed by atoms with Gasteiger partial charge < -0.3 is 0 Å². The first kappa shape index (κ1) is 25.2. The Hall–Kier alpha value is -0.798. The molecule has 0 unspecified atom stereocenters. The monoisotopic (exact) mass is 573 g/mol. The molecule has 0 heterocycles. The van der Waals surface area contributed by atoms with Crippen molar-refractivity contribution in [2.75, 3.05) is 0 Å². The molecule has 0 fully saturated rings. The maximum atomic E-state index is 9.93. The maximum absolute atomic E-state index is 11.2. The number of hydrogen-bond donors (Lipinski definition) is 0. The standard InChI is InChI=1S/C10H7.C8H12.6FH.Rh.Sb/c1-2-6-10-8-4-3-7-9(10)5-1;1-2-4-6-8-7-5-3-1;;;;;;;;/h1-7H;1-2,7-8H,3-6H2;6*1H;;/q-1;;;;;;;;+2;+5/p-6/b;2-1-,8-7-;;;;;;;;. The van der Waals surface area contributed by atoms with Crippen molar-refractivity contribution in [3.05, 3.63) is 72.8 Å². The summed E-state index contributed by atoms with van der Waals surface area (Å²) in [5, 5.41) is 2.44. The molecule has 2 aromatic rings. The molecule has 1 aliphatic carbocycles. The van der Waals surface area contributed by atoms with E-state index in [1.807, 2.05) is 24.3 Å². The molecule has 0 spiro atoms. The molecule has 0 N–H and O–H groups in total. The van der Waals surface area contributed by atoms with Crippen LogP contribution in [-0.4, -0.2) is 19.5 Å². The molecule has 0 nitrogen and oxygen atoms in total. The first-order valence-corrected chi connectivity index (χ1v) is 13.4. The van der Waals surface area contributed by atoms with E-state index in [1.54, 1.807) is 0 Å². The Balaban J connectivity index is 0.000000362. The molecule has 0 amide bonds. The fraction of sp³-hybridized carbons (Fsp3) is 0.222. The minimum atomic E-state index is -11.2. The van der Waals surface area contributed by atoms with Crippen molar-refractivity contribution in [3.8, 4) is 0 Å². The number of allylic oxidation sites excluding steroid dienone is 4. The van der Waals surface area contributed by atoms with Crippen molar-refractivity contribution < 1.29 is 36.4 Å². The van der Waals surface area contributed by atoms with Gasteiger partial charge in [-0.25, -0.2) is 0 Å². The maximum Gasteiger partial charge on any atom is 2.00 e. The quantitative estimate of drug-likeness (QED) is 0.133. The first-order valence-electron chi connectivity index (χ1n) is 7.64. The van der Waals surface area contributed by atoms with Crippen LogP contribution in [0.3, 0.4) is 0 Å². The summed E-state index contributed by atoms with van der Waals surface area (Å²) in [5.41, 5.74) is 0. The van der Waals surface area contributed by atoms with Gasteiger partial charge in [-0.1, -0.05) is 36.4 Å². The third-order valence-electron chi connectivity index (χ3n) is 2.90. The molecule has 0 atom stereocenters. The van der Waals surface area contributed by atoms with E-state index in [0.717, 1.165) is 0 Å². The van der Waals surface area contributed by atoms with Crippen LogP contribution in [0, 0.1) is 6.07 Å². The van der Waals surface area contributed by atoms with Gasteiger partial charge in [0.05, 0.1) is 0 Å². The van der Waals surface area contributed by atoms with E-state index >= 15 is 0 Å². The minimum absolute atomic E-state index is 0. The van der Waals surface area contributed by atoms with Crippen LogP contribution < -0.4 is 0 Å². The molecule has 3 rings (SSSR count). The van der Waals surface area contributed by atoms with Gasteiger partial charge in [-0.2, -0.15) is 0 Å². The molecule has 0 aliphatic heterocycles. The Morgan fingerprint density at radius 1 is 0.654 bits per heavy atom. The molecule has 0 bridgehead atoms. The molecule has 0 saturated heterocycles. The fourth-order valence-corrected chi connectivity index (χ4v) is 1.92. The van der Waals surface area contributed by atoms with E-state index in [2.05, 4.69) is 48.6 Å². The van der Waals surface area contributed by atoms with Gasteiger partial charge in [0.25, 0.3) is 0 Å². The van der Waals surface area contributed by atoms with Crippen LogP contribution in [-0.2, 0) is 19.5 Å².